The highest BCUT2D eigenvalue weighted by molar-refractivity contribution is 5.93. The normalized spacial score (nSPS) is 16.8. The lowest BCUT2D eigenvalue weighted by molar-refractivity contribution is 0.0696. The van der Waals surface area contributed by atoms with Gasteiger partial charge < -0.3 is 9.84 Å². The summed E-state index contributed by atoms with van der Waals surface area (Å²) in [7, 11) is 0. The van der Waals surface area contributed by atoms with Gasteiger partial charge in [-0.2, -0.15) is 0 Å². The lowest BCUT2D eigenvalue weighted by Crippen LogP contribution is -2.34. The molecule has 0 saturated heterocycles. The number of aromatic carboxylic acids is 1. The number of hydrogen-bond donors (Lipinski definition) is 1. The minimum absolute atomic E-state index is 0.104. The van der Waals surface area contributed by atoms with E-state index in [2.05, 4.69) is 46.8 Å². The van der Waals surface area contributed by atoms with Gasteiger partial charge >= 0.3 is 5.97 Å². The number of carboxylic acid groups (broad SMARTS) is 1. The van der Waals surface area contributed by atoms with Gasteiger partial charge in [0.15, 0.2) is 0 Å². The van der Waals surface area contributed by atoms with Crippen molar-refractivity contribution < 1.29 is 14.6 Å². The Bertz CT molecular complexity index is 966. The van der Waals surface area contributed by atoms with Crippen LogP contribution in [0.4, 0.5) is 0 Å². The van der Waals surface area contributed by atoms with Gasteiger partial charge in [-0.15, -0.1) is 0 Å². The number of rotatable bonds is 8. The first kappa shape index (κ1) is 23.1. The molecule has 0 heterocycles. The fourth-order valence-corrected chi connectivity index (χ4v) is 4.42. The molecule has 3 rings (SSSR count). The van der Waals surface area contributed by atoms with E-state index >= 15 is 0 Å². The Morgan fingerprint density at radius 3 is 2.23 bits per heavy atom. The van der Waals surface area contributed by atoms with E-state index in [0.29, 0.717) is 17.7 Å². The maximum atomic E-state index is 11.6. The first-order valence-electron chi connectivity index (χ1n) is 11.5. The molecule has 0 fully saturated rings. The van der Waals surface area contributed by atoms with Gasteiger partial charge in [0.05, 0.1) is 12.2 Å². The van der Waals surface area contributed by atoms with Crippen molar-refractivity contribution in [3.8, 4) is 5.75 Å². The zero-order valence-electron chi connectivity index (χ0n) is 19.6. The monoisotopic (exact) mass is 420 g/mol. The molecule has 31 heavy (non-hydrogen) atoms. The molecule has 0 aromatic heterocycles. The van der Waals surface area contributed by atoms with Gasteiger partial charge in [0.2, 0.25) is 0 Å². The Labute approximate surface area is 187 Å². The summed E-state index contributed by atoms with van der Waals surface area (Å²) in [6.07, 6.45) is 9.56. The van der Waals surface area contributed by atoms with Gasteiger partial charge in [0, 0.05) is 5.56 Å². The predicted octanol–water partition coefficient (Wildman–Crippen LogP) is 7.47. The summed E-state index contributed by atoms with van der Waals surface area (Å²) in [5, 5.41) is 9.51. The molecule has 1 aliphatic carbocycles. The van der Waals surface area contributed by atoms with Crippen LogP contribution in [0.3, 0.4) is 0 Å². The number of benzene rings is 2. The maximum absolute atomic E-state index is 11.6. The number of carbonyl (C=O) groups is 1. The van der Waals surface area contributed by atoms with Crippen molar-refractivity contribution in [3.05, 3.63) is 64.2 Å². The van der Waals surface area contributed by atoms with Crippen LogP contribution in [0.15, 0.2) is 36.4 Å². The largest absolute Gasteiger partial charge is 0.493 e. The molecule has 0 unspecified atom stereocenters. The van der Waals surface area contributed by atoms with Crippen LogP contribution in [0.25, 0.3) is 12.2 Å². The molecular weight excluding hydrogens is 384 g/mol. The van der Waals surface area contributed by atoms with Crippen molar-refractivity contribution in [2.75, 3.05) is 6.61 Å². The molecule has 2 aromatic rings. The number of carboxylic acids is 1. The summed E-state index contributed by atoms with van der Waals surface area (Å²) < 4.78 is 6.27. The quantitative estimate of drug-likeness (QED) is 0.356. The van der Waals surface area contributed by atoms with Crippen LogP contribution >= 0.6 is 0 Å². The second kappa shape index (κ2) is 9.30. The van der Waals surface area contributed by atoms with Gasteiger partial charge in [0.25, 0.3) is 0 Å². The van der Waals surface area contributed by atoms with Crippen LogP contribution < -0.4 is 4.74 Å². The Hall–Kier alpha value is -2.55. The number of hydrogen-bond acceptors (Lipinski definition) is 2. The van der Waals surface area contributed by atoms with Gasteiger partial charge in [-0.25, -0.2) is 4.79 Å². The zero-order valence-corrected chi connectivity index (χ0v) is 19.6. The van der Waals surface area contributed by atoms with Crippen LogP contribution in [0.1, 0.15) is 99.3 Å². The van der Waals surface area contributed by atoms with Crippen molar-refractivity contribution in [1.82, 2.24) is 0 Å². The number of unbranched alkanes of at least 4 members (excludes halogenated alkanes) is 2. The van der Waals surface area contributed by atoms with Crippen LogP contribution in [-0.4, -0.2) is 17.7 Å². The number of ether oxygens (including phenoxy) is 1. The first-order valence-corrected chi connectivity index (χ1v) is 11.5. The van der Waals surface area contributed by atoms with Gasteiger partial charge in [-0.05, 0) is 65.0 Å². The molecule has 1 aliphatic rings. The molecule has 2 aromatic carbocycles. The third kappa shape index (κ3) is 5.20. The molecular formula is C28H36O3. The second-order valence-electron chi connectivity index (χ2n) is 9.98. The standard InChI is InChI=1S/C28H36O3/c1-6-7-10-17-31-25-19-24-23(27(2,3)15-16-28(24,4)5)18-21(25)14-13-20-11-8-9-12-22(20)26(29)30/h8-9,11-14,18-19H,6-7,10,15-17H2,1-5H3,(H,29,30). The summed E-state index contributed by atoms with van der Waals surface area (Å²) in [6, 6.07) is 11.6. The van der Waals surface area contributed by atoms with Crippen LogP contribution in [0.5, 0.6) is 5.75 Å². The lowest BCUT2D eigenvalue weighted by Gasteiger charge is -2.42. The Morgan fingerprint density at radius 2 is 1.58 bits per heavy atom. The minimum atomic E-state index is -0.912. The van der Waals surface area contributed by atoms with E-state index in [1.165, 1.54) is 11.1 Å². The average molecular weight is 421 g/mol. The highest BCUT2D eigenvalue weighted by Crippen LogP contribution is 2.48. The molecule has 0 atom stereocenters. The van der Waals surface area contributed by atoms with Crippen LogP contribution in [-0.2, 0) is 10.8 Å². The van der Waals surface area contributed by atoms with E-state index in [1.807, 2.05) is 24.3 Å². The van der Waals surface area contributed by atoms with E-state index in [1.54, 1.807) is 12.1 Å². The Morgan fingerprint density at radius 1 is 0.968 bits per heavy atom. The molecule has 0 saturated carbocycles. The van der Waals surface area contributed by atoms with Crippen molar-refractivity contribution >= 4 is 18.1 Å². The minimum Gasteiger partial charge on any atom is -0.493 e. The van der Waals surface area contributed by atoms with Gasteiger partial charge in [0.1, 0.15) is 5.75 Å². The van der Waals surface area contributed by atoms with Crippen molar-refractivity contribution in [3.63, 3.8) is 0 Å². The van der Waals surface area contributed by atoms with Crippen LogP contribution in [0, 0.1) is 0 Å². The number of fused-ring (bicyclic) bond motifs is 1. The van der Waals surface area contributed by atoms with E-state index in [4.69, 9.17) is 4.74 Å². The highest BCUT2D eigenvalue weighted by Gasteiger charge is 2.37. The highest BCUT2D eigenvalue weighted by atomic mass is 16.5. The fourth-order valence-electron chi connectivity index (χ4n) is 4.42. The van der Waals surface area contributed by atoms with E-state index in [9.17, 15) is 9.90 Å². The molecule has 0 radical (unpaired) electrons. The SMILES string of the molecule is CCCCCOc1cc2c(cc1C=Cc1ccccc1C(=O)O)C(C)(C)CCC2(C)C. The molecule has 0 spiro atoms. The third-order valence-electron chi connectivity index (χ3n) is 6.62. The molecule has 0 amide bonds. The summed E-state index contributed by atoms with van der Waals surface area (Å²) in [6.45, 7) is 12.2. The van der Waals surface area contributed by atoms with Crippen LogP contribution in [0.2, 0.25) is 0 Å². The molecule has 3 nitrogen and oxygen atoms in total. The Kier molecular flexibility index (Phi) is 6.93. The average Bonchev–Trinajstić information content (AvgIpc) is 2.73. The smallest absolute Gasteiger partial charge is 0.336 e. The maximum Gasteiger partial charge on any atom is 0.336 e. The van der Waals surface area contributed by atoms with Crippen molar-refractivity contribution in [1.29, 1.82) is 0 Å². The summed E-state index contributed by atoms with van der Waals surface area (Å²) in [4.78, 5) is 11.6. The lowest BCUT2D eigenvalue weighted by atomic mass is 9.63. The summed E-state index contributed by atoms with van der Waals surface area (Å²) in [5.41, 5.74) is 4.99. The van der Waals surface area contributed by atoms with Crippen molar-refractivity contribution in [2.24, 2.45) is 0 Å². The molecule has 3 heteroatoms. The van der Waals surface area contributed by atoms with Gasteiger partial charge in [-0.3, -0.25) is 0 Å². The third-order valence-corrected chi connectivity index (χ3v) is 6.62. The topological polar surface area (TPSA) is 46.5 Å². The zero-order chi connectivity index (χ0) is 22.6. The predicted molar refractivity (Wildman–Crippen MR) is 129 cm³/mol. The second-order valence-corrected chi connectivity index (χ2v) is 9.98. The molecule has 0 bridgehead atoms. The van der Waals surface area contributed by atoms with Crippen molar-refractivity contribution in [2.45, 2.75) is 77.6 Å². The molecule has 0 aliphatic heterocycles. The molecule has 1 N–H and O–H groups in total. The first-order chi connectivity index (χ1) is 14.7. The summed E-state index contributed by atoms with van der Waals surface area (Å²) >= 11 is 0. The fraction of sp³-hybridized carbons (Fsp3) is 0.464. The van der Waals surface area contributed by atoms with E-state index in [0.717, 1.165) is 43.4 Å². The van der Waals surface area contributed by atoms with Gasteiger partial charge in [-0.1, -0.05) is 77.8 Å². The summed E-state index contributed by atoms with van der Waals surface area (Å²) in [5.74, 6) is -0.0192. The Balaban J connectivity index is 2.06. The van der Waals surface area contributed by atoms with E-state index in [-0.39, 0.29) is 10.8 Å². The molecule has 166 valence electrons. The van der Waals surface area contributed by atoms with E-state index < -0.39 is 5.97 Å².